The molecule has 0 aromatic heterocycles. The molecule has 8 heteroatoms. The number of hydrogen-bond donors (Lipinski definition) is 1. The number of carbonyl (C=O) groups is 1. The lowest BCUT2D eigenvalue weighted by atomic mass is 10.1. The van der Waals surface area contributed by atoms with Crippen LogP contribution in [0.25, 0.3) is 5.76 Å². The number of hydrogen-bond acceptors (Lipinski definition) is 5. The number of aliphatic hydroxyl groups excluding tert-OH is 1. The molecule has 0 atom stereocenters. The van der Waals surface area contributed by atoms with Gasteiger partial charge >= 0.3 is 0 Å². The van der Waals surface area contributed by atoms with Crippen LogP contribution in [-0.4, -0.2) is 34.9 Å². The van der Waals surface area contributed by atoms with Gasteiger partial charge in [0.2, 0.25) is 0 Å². The molecule has 0 bridgehead atoms. The molecule has 7 nitrogen and oxygen atoms in total. The van der Waals surface area contributed by atoms with Crippen molar-refractivity contribution < 1.29 is 14.8 Å². The molecule has 1 amide bonds. The summed E-state index contributed by atoms with van der Waals surface area (Å²) in [6, 6.07) is 5.07. The SMILES string of the molecule is CN(C)C(=O)C(C#N)=C(O)c1ccc(Cl)cc1[N+](=O)[O-]. The fraction of sp³-hybridized carbons (Fsp3) is 0.167. The number of halogens is 1. The van der Waals surface area contributed by atoms with Gasteiger partial charge in [0.05, 0.1) is 10.5 Å². The van der Waals surface area contributed by atoms with E-state index in [2.05, 4.69) is 0 Å². The van der Waals surface area contributed by atoms with Crippen LogP contribution in [0.1, 0.15) is 5.56 Å². The molecular weight excluding hydrogens is 286 g/mol. The Morgan fingerprint density at radius 2 is 2.10 bits per heavy atom. The van der Waals surface area contributed by atoms with E-state index in [-0.39, 0.29) is 10.6 Å². The Kier molecular flexibility index (Phi) is 4.67. The van der Waals surface area contributed by atoms with Crippen LogP contribution >= 0.6 is 11.6 Å². The summed E-state index contributed by atoms with van der Waals surface area (Å²) in [5.74, 6) is -1.51. The predicted octanol–water partition coefficient (Wildman–Crippen LogP) is 2.13. The summed E-state index contributed by atoms with van der Waals surface area (Å²) in [6.45, 7) is 0. The van der Waals surface area contributed by atoms with Crippen LogP contribution in [0.4, 0.5) is 5.69 Å². The second-order valence-corrected chi connectivity index (χ2v) is 4.39. The first-order valence-electron chi connectivity index (χ1n) is 5.29. The van der Waals surface area contributed by atoms with Gasteiger partial charge in [-0.25, -0.2) is 0 Å². The summed E-state index contributed by atoms with van der Waals surface area (Å²) in [5.41, 5.74) is -1.32. The van der Waals surface area contributed by atoms with E-state index >= 15 is 0 Å². The van der Waals surface area contributed by atoms with Gasteiger partial charge in [-0.2, -0.15) is 5.26 Å². The van der Waals surface area contributed by atoms with Crippen LogP contribution in [0.2, 0.25) is 5.02 Å². The molecule has 1 rings (SSSR count). The van der Waals surface area contributed by atoms with Crippen molar-refractivity contribution in [2.45, 2.75) is 0 Å². The number of benzene rings is 1. The van der Waals surface area contributed by atoms with E-state index in [4.69, 9.17) is 16.9 Å². The largest absolute Gasteiger partial charge is 0.505 e. The highest BCUT2D eigenvalue weighted by Gasteiger charge is 2.24. The topological polar surface area (TPSA) is 107 Å². The van der Waals surface area contributed by atoms with Crippen LogP contribution in [0.3, 0.4) is 0 Å². The molecule has 0 saturated carbocycles. The summed E-state index contributed by atoms with van der Waals surface area (Å²) in [7, 11) is 2.78. The Bertz CT molecular complexity index is 647. The average Bonchev–Trinajstić information content (AvgIpc) is 2.38. The van der Waals surface area contributed by atoms with Gasteiger partial charge in [0.1, 0.15) is 6.07 Å². The number of nitriles is 1. The van der Waals surface area contributed by atoms with Crippen molar-refractivity contribution in [3.8, 4) is 6.07 Å². The fourth-order valence-electron chi connectivity index (χ4n) is 1.42. The summed E-state index contributed by atoms with van der Waals surface area (Å²) in [6.07, 6.45) is 0. The van der Waals surface area contributed by atoms with Gasteiger partial charge < -0.3 is 10.0 Å². The molecule has 20 heavy (non-hydrogen) atoms. The molecular formula is C12H10ClN3O4. The number of nitro groups is 1. The Hall–Kier alpha value is -2.59. The maximum absolute atomic E-state index is 11.7. The van der Waals surface area contributed by atoms with Gasteiger partial charge in [0, 0.05) is 25.2 Å². The lowest BCUT2D eigenvalue weighted by molar-refractivity contribution is -0.385. The van der Waals surface area contributed by atoms with E-state index in [1.165, 1.54) is 26.2 Å². The minimum atomic E-state index is -0.757. The lowest BCUT2D eigenvalue weighted by Crippen LogP contribution is -2.24. The lowest BCUT2D eigenvalue weighted by Gasteiger charge is -2.10. The van der Waals surface area contributed by atoms with E-state index in [1.54, 1.807) is 6.07 Å². The van der Waals surface area contributed by atoms with Crippen LogP contribution in [0, 0.1) is 21.4 Å². The number of nitro benzene ring substituents is 1. The summed E-state index contributed by atoms with van der Waals surface area (Å²) >= 11 is 5.65. The van der Waals surface area contributed by atoms with Crippen LogP contribution in [0.5, 0.6) is 0 Å². The first-order chi connectivity index (χ1) is 9.29. The highest BCUT2D eigenvalue weighted by Crippen LogP contribution is 2.29. The van der Waals surface area contributed by atoms with Gasteiger partial charge in [-0.1, -0.05) is 11.6 Å². The second kappa shape index (κ2) is 6.04. The number of aliphatic hydroxyl groups is 1. The third-order valence-corrected chi connectivity index (χ3v) is 2.62. The number of nitrogens with zero attached hydrogens (tertiary/aromatic N) is 3. The summed E-state index contributed by atoms with van der Waals surface area (Å²) in [4.78, 5) is 23.0. The standard InChI is InChI=1S/C12H10ClN3O4/c1-15(2)12(18)9(6-14)11(17)8-4-3-7(13)5-10(8)16(19)20/h3-5,17H,1-2H3. The van der Waals surface area contributed by atoms with Crippen molar-refractivity contribution in [1.29, 1.82) is 5.26 Å². The number of likely N-dealkylation sites (N-methyl/N-ethyl adjacent to an activating group) is 1. The third kappa shape index (κ3) is 3.05. The number of amides is 1. The normalized spacial score (nSPS) is 11.3. The quantitative estimate of drug-likeness (QED) is 0.302. The van der Waals surface area contributed by atoms with Gasteiger partial charge in [-0.15, -0.1) is 0 Å². The zero-order valence-electron chi connectivity index (χ0n) is 10.6. The van der Waals surface area contributed by atoms with E-state index < -0.39 is 27.9 Å². The van der Waals surface area contributed by atoms with Gasteiger partial charge in [0.25, 0.3) is 11.6 Å². The maximum atomic E-state index is 11.7. The zero-order valence-corrected chi connectivity index (χ0v) is 11.4. The van der Waals surface area contributed by atoms with E-state index in [1.807, 2.05) is 0 Å². The van der Waals surface area contributed by atoms with Crippen molar-refractivity contribution in [3.63, 3.8) is 0 Å². The summed E-state index contributed by atoms with van der Waals surface area (Å²) in [5, 5.41) is 30.0. The molecule has 1 aromatic rings. The third-order valence-electron chi connectivity index (χ3n) is 2.38. The molecule has 1 N–H and O–H groups in total. The first kappa shape index (κ1) is 15.5. The Morgan fingerprint density at radius 3 is 2.55 bits per heavy atom. The molecule has 0 unspecified atom stereocenters. The van der Waals surface area contributed by atoms with Gasteiger partial charge in [0.15, 0.2) is 11.3 Å². The second-order valence-electron chi connectivity index (χ2n) is 3.95. The van der Waals surface area contributed by atoms with E-state index in [0.717, 1.165) is 11.0 Å². The molecule has 0 fully saturated rings. The molecule has 0 spiro atoms. The van der Waals surface area contributed by atoms with E-state index in [9.17, 15) is 20.0 Å². The van der Waals surface area contributed by atoms with Gasteiger partial charge in [-0.3, -0.25) is 14.9 Å². The van der Waals surface area contributed by atoms with Crippen molar-refractivity contribution in [3.05, 3.63) is 44.5 Å². The highest BCUT2D eigenvalue weighted by atomic mass is 35.5. The molecule has 0 heterocycles. The van der Waals surface area contributed by atoms with Crippen molar-refractivity contribution in [2.24, 2.45) is 0 Å². The van der Waals surface area contributed by atoms with Crippen molar-refractivity contribution in [1.82, 2.24) is 4.90 Å². The minimum absolute atomic E-state index is 0.102. The van der Waals surface area contributed by atoms with Crippen LogP contribution in [-0.2, 0) is 4.79 Å². The Morgan fingerprint density at radius 1 is 1.50 bits per heavy atom. The number of carbonyl (C=O) groups excluding carboxylic acids is 1. The minimum Gasteiger partial charge on any atom is -0.505 e. The van der Waals surface area contributed by atoms with Crippen molar-refractivity contribution in [2.75, 3.05) is 14.1 Å². The summed E-state index contributed by atoms with van der Waals surface area (Å²) < 4.78 is 0. The Balaban J connectivity index is 3.54. The van der Waals surface area contributed by atoms with Crippen LogP contribution < -0.4 is 0 Å². The molecule has 1 aromatic carbocycles. The molecule has 0 aliphatic rings. The van der Waals surface area contributed by atoms with Gasteiger partial charge in [-0.05, 0) is 12.1 Å². The zero-order chi connectivity index (χ0) is 15.4. The van der Waals surface area contributed by atoms with Crippen LogP contribution in [0.15, 0.2) is 23.8 Å². The highest BCUT2D eigenvalue weighted by molar-refractivity contribution is 6.30. The molecule has 0 aliphatic heterocycles. The number of rotatable bonds is 3. The average molecular weight is 296 g/mol. The molecule has 0 aliphatic carbocycles. The predicted molar refractivity (Wildman–Crippen MR) is 72.0 cm³/mol. The molecule has 0 radical (unpaired) electrons. The smallest absolute Gasteiger partial charge is 0.281 e. The monoisotopic (exact) mass is 295 g/mol. The molecule has 0 saturated heterocycles. The fourth-order valence-corrected chi connectivity index (χ4v) is 1.58. The Labute approximate surface area is 119 Å². The first-order valence-corrected chi connectivity index (χ1v) is 5.66. The van der Waals surface area contributed by atoms with Crippen molar-refractivity contribution >= 4 is 29.0 Å². The maximum Gasteiger partial charge on any atom is 0.281 e. The van der Waals surface area contributed by atoms with E-state index in [0.29, 0.717) is 0 Å². The molecule has 104 valence electrons.